The maximum atomic E-state index is 10.4. The average Bonchev–Trinajstić information content (AvgIpc) is 3.26. The number of rotatable bonds is 6. The highest BCUT2D eigenvalue weighted by atomic mass is 16.3. The molecule has 2 atom stereocenters. The molecule has 0 bridgehead atoms. The normalized spacial score (nSPS) is 26.2. The van der Waals surface area contributed by atoms with Crippen molar-refractivity contribution in [3.8, 4) is 0 Å². The molecule has 1 heterocycles. The Morgan fingerprint density at radius 2 is 1.90 bits per heavy atom. The van der Waals surface area contributed by atoms with Crippen LogP contribution >= 0.6 is 0 Å². The molecule has 3 rings (SSSR count). The molecular weight excluding hydrogens is 262 g/mol. The summed E-state index contributed by atoms with van der Waals surface area (Å²) in [6, 6.07) is 0.914. The number of aromatic nitrogens is 2. The van der Waals surface area contributed by atoms with Gasteiger partial charge < -0.3 is 10.4 Å². The Labute approximate surface area is 127 Å². The van der Waals surface area contributed by atoms with E-state index in [1.807, 2.05) is 0 Å². The molecule has 1 aromatic rings. The molecule has 1 aromatic heterocycles. The smallest absolute Gasteiger partial charge is 0.0781 e. The van der Waals surface area contributed by atoms with Gasteiger partial charge in [0, 0.05) is 23.8 Å². The second kappa shape index (κ2) is 6.49. The van der Waals surface area contributed by atoms with Crippen LogP contribution in [-0.2, 0) is 19.4 Å². The molecule has 4 nitrogen and oxygen atoms in total. The van der Waals surface area contributed by atoms with E-state index in [0.717, 1.165) is 44.7 Å². The molecular formula is C17H29N3O. The van der Waals surface area contributed by atoms with Gasteiger partial charge in [0.25, 0.3) is 0 Å². The van der Waals surface area contributed by atoms with Crippen LogP contribution in [0.4, 0.5) is 0 Å². The third-order valence-electron chi connectivity index (χ3n) is 5.02. The van der Waals surface area contributed by atoms with Crippen LogP contribution in [-0.4, -0.2) is 27.0 Å². The van der Waals surface area contributed by atoms with Crippen LogP contribution in [0.2, 0.25) is 0 Å². The zero-order chi connectivity index (χ0) is 14.8. The molecule has 2 fully saturated rings. The van der Waals surface area contributed by atoms with E-state index >= 15 is 0 Å². The van der Waals surface area contributed by atoms with Crippen LogP contribution in [0.3, 0.4) is 0 Å². The molecule has 21 heavy (non-hydrogen) atoms. The molecule has 2 saturated carbocycles. The standard InChI is InChI=1S/C17H29N3O/c1-3-14-13(11-18-12-9-10-12)15(4-2)20(19-14)16-7-5-6-8-17(16)21/h12,16-18,21H,3-11H2,1-2H3. The SMILES string of the molecule is CCc1nn(C2CCCCC2O)c(CC)c1CNC1CC1. The van der Waals surface area contributed by atoms with Gasteiger partial charge in [-0.1, -0.05) is 26.7 Å². The second-order valence-electron chi connectivity index (χ2n) is 6.60. The maximum absolute atomic E-state index is 10.4. The Hall–Kier alpha value is -0.870. The fourth-order valence-electron chi connectivity index (χ4n) is 3.60. The number of nitrogens with zero attached hydrogens (tertiary/aromatic N) is 2. The van der Waals surface area contributed by atoms with Crippen molar-refractivity contribution in [1.29, 1.82) is 0 Å². The van der Waals surface area contributed by atoms with E-state index < -0.39 is 0 Å². The molecule has 2 N–H and O–H groups in total. The minimum atomic E-state index is -0.224. The van der Waals surface area contributed by atoms with Gasteiger partial charge in [-0.05, 0) is 38.5 Å². The first kappa shape index (κ1) is 15.0. The van der Waals surface area contributed by atoms with Gasteiger partial charge in [-0.3, -0.25) is 4.68 Å². The average molecular weight is 291 g/mol. The predicted molar refractivity (Wildman–Crippen MR) is 84.4 cm³/mol. The fourth-order valence-corrected chi connectivity index (χ4v) is 3.60. The summed E-state index contributed by atoms with van der Waals surface area (Å²) in [5, 5.41) is 18.9. The molecule has 0 aromatic carbocycles. The molecule has 0 saturated heterocycles. The van der Waals surface area contributed by atoms with Crippen molar-refractivity contribution in [2.45, 2.75) is 89.9 Å². The summed E-state index contributed by atoms with van der Waals surface area (Å²) in [5.74, 6) is 0. The fraction of sp³-hybridized carbons (Fsp3) is 0.824. The van der Waals surface area contributed by atoms with E-state index in [-0.39, 0.29) is 12.1 Å². The molecule has 2 aliphatic rings. The van der Waals surface area contributed by atoms with Crippen molar-refractivity contribution in [3.05, 3.63) is 17.0 Å². The summed E-state index contributed by atoms with van der Waals surface area (Å²) in [5.41, 5.74) is 3.95. The van der Waals surface area contributed by atoms with E-state index in [1.165, 1.54) is 36.2 Å². The van der Waals surface area contributed by atoms with E-state index in [2.05, 4.69) is 23.8 Å². The summed E-state index contributed by atoms with van der Waals surface area (Å²) in [7, 11) is 0. The van der Waals surface area contributed by atoms with Crippen molar-refractivity contribution in [1.82, 2.24) is 15.1 Å². The summed E-state index contributed by atoms with van der Waals surface area (Å²) < 4.78 is 2.17. The highest BCUT2D eigenvalue weighted by Gasteiger charge is 2.29. The molecule has 4 heteroatoms. The molecule has 0 spiro atoms. The highest BCUT2D eigenvalue weighted by molar-refractivity contribution is 5.27. The van der Waals surface area contributed by atoms with Crippen LogP contribution in [0.25, 0.3) is 0 Å². The number of aliphatic hydroxyl groups is 1. The quantitative estimate of drug-likeness (QED) is 0.847. The van der Waals surface area contributed by atoms with Crippen molar-refractivity contribution >= 4 is 0 Å². The second-order valence-corrected chi connectivity index (χ2v) is 6.60. The van der Waals surface area contributed by atoms with Crippen LogP contribution in [0.5, 0.6) is 0 Å². The lowest BCUT2D eigenvalue weighted by molar-refractivity contribution is 0.0678. The summed E-state index contributed by atoms with van der Waals surface area (Å²) >= 11 is 0. The minimum Gasteiger partial charge on any atom is -0.391 e. The maximum Gasteiger partial charge on any atom is 0.0781 e. The zero-order valence-electron chi connectivity index (χ0n) is 13.4. The van der Waals surface area contributed by atoms with Gasteiger partial charge in [0.1, 0.15) is 0 Å². The zero-order valence-corrected chi connectivity index (χ0v) is 13.4. The lowest BCUT2D eigenvalue weighted by atomic mass is 9.92. The molecule has 0 aliphatic heterocycles. The van der Waals surface area contributed by atoms with Gasteiger partial charge in [-0.25, -0.2) is 0 Å². The van der Waals surface area contributed by atoms with Gasteiger partial charge in [-0.2, -0.15) is 5.10 Å². The number of aryl methyl sites for hydroxylation is 1. The summed E-state index contributed by atoms with van der Waals surface area (Å²) in [4.78, 5) is 0. The first-order valence-corrected chi connectivity index (χ1v) is 8.75. The molecule has 2 unspecified atom stereocenters. The monoisotopic (exact) mass is 291 g/mol. The highest BCUT2D eigenvalue weighted by Crippen LogP contribution is 2.31. The molecule has 118 valence electrons. The van der Waals surface area contributed by atoms with Gasteiger partial charge in [-0.15, -0.1) is 0 Å². The van der Waals surface area contributed by atoms with Crippen molar-refractivity contribution < 1.29 is 5.11 Å². The number of hydrogen-bond donors (Lipinski definition) is 2. The van der Waals surface area contributed by atoms with Crippen LogP contribution in [0, 0.1) is 0 Å². The van der Waals surface area contributed by atoms with Gasteiger partial charge in [0.05, 0.1) is 17.8 Å². The van der Waals surface area contributed by atoms with Crippen LogP contribution in [0.1, 0.15) is 75.4 Å². The van der Waals surface area contributed by atoms with Gasteiger partial charge in [0.15, 0.2) is 0 Å². The number of nitrogens with one attached hydrogen (secondary N) is 1. The van der Waals surface area contributed by atoms with Gasteiger partial charge >= 0.3 is 0 Å². The Kier molecular flexibility index (Phi) is 4.65. The van der Waals surface area contributed by atoms with E-state index in [0.29, 0.717) is 0 Å². The third-order valence-corrected chi connectivity index (χ3v) is 5.02. The van der Waals surface area contributed by atoms with E-state index in [4.69, 9.17) is 5.10 Å². The lowest BCUT2D eigenvalue weighted by Gasteiger charge is -2.29. The van der Waals surface area contributed by atoms with Crippen LogP contribution < -0.4 is 5.32 Å². The van der Waals surface area contributed by atoms with Gasteiger partial charge in [0.2, 0.25) is 0 Å². The topological polar surface area (TPSA) is 50.1 Å². The van der Waals surface area contributed by atoms with Crippen molar-refractivity contribution in [2.75, 3.05) is 0 Å². The van der Waals surface area contributed by atoms with E-state index in [9.17, 15) is 5.11 Å². The van der Waals surface area contributed by atoms with E-state index in [1.54, 1.807) is 0 Å². The molecule has 0 radical (unpaired) electrons. The molecule has 0 amide bonds. The van der Waals surface area contributed by atoms with Crippen molar-refractivity contribution in [2.24, 2.45) is 0 Å². The van der Waals surface area contributed by atoms with Crippen LogP contribution in [0.15, 0.2) is 0 Å². The summed E-state index contributed by atoms with van der Waals surface area (Å²) in [6.45, 7) is 5.34. The number of aliphatic hydroxyl groups excluding tert-OH is 1. The lowest BCUT2D eigenvalue weighted by Crippen LogP contribution is -2.29. The summed E-state index contributed by atoms with van der Waals surface area (Å²) in [6.07, 6.45) is 8.73. The Bertz CT molecular complexity index is 479. The Morgan fingerprint density at radius 1 is 1.14 bits per heavy atom. The predicted octanol–water partition coefficient (Wildman–Crippen LogP) is 2.74. The minimum absolute atomic E-state index is 0.189. The Balaban J connectivity index is 1.87. The first-order chi connectivity index (χ1) is 10.2. The Morgan fingerprint density at radius 3 is 2.52 bits per heavy atom. The van der Waals surface area contributed by atoms with Crippen molar-refractivity contribution in [3.63, 3.8) is 0 Å². The largest absolute Gasteiger partial charge is 0.391 e. The molecule has 2 aliphatic carbocycles. The third kappa shape index (κ3) is 3.16. The first-order valence-electron chi connectivity index (χ1n) is 8.75. The number of hydrogen-bond acceptors (Lipinski definition) is 3.